The highest BCUT2D eigenvalue weighted by atomic mass is 35.5. The van der Waals surface area contributed by atoms with E-state index in [2.05, 4.69) is 16.0 Å². The average Bonchev–Trinajstić information content (AvgIpc) is 2.70. The molecule has 0 saturated carbocycles. The van der Waals surface area contributed by atoms with Crippen LogP contribution in [0.2, 0.25) is 5.02 Å². The smallest absolute Gasteiger partial charge is 0.319 e. The maximum atomic E-state index is 13.1. The number of benzene rings is 2. The van der Waals surface area contributed by atoms with Gasteiger partial charge in [-0.1, -0.05) is 23.7 Å². The van der Waals surface area contributed by atoms with Crippen LogP contribution in [-0.4, -0.2) is 25.7 Å². The van der Waals surface area contributed by atoms with Crippen molar-refractivity contribution >= 4 is 29.2 Å². The van der Waals surface area contributed by atoms with Gasteiger partial charge in [-0.3, -0.25) is 4.79 Å². The summed E-state index contributed by atoms with van der Waals surface area (Å²) in [5.41, 5.74) is 3.02. The van der Waals surface area contributed by atoms with Crippen molar-refractivity contribution in [1.82, 2.24) is 10.6 Å². The molecule has 3 rings (SSSR count). The van der Waals surface area contributed by atoms with Gasteiger partial charge in [0.15, 0.2) is 11.5 Å². The number of carbonyl (C=O) groups is 2. The molecule has 2 aromatic rings. The first-order chi connectivity index (χ1) is 14.3. The fraction of sp³-hybridized carbons (Fsp3) is 0.273. The molecule has 0 aromatic heterocycles. The van der Waals surface area contributed by atoms with Crippen LogP contribution in [0.25, 0.3) is 0 Å². The molecular weight excluding hydrogens is 406 g/mol. The lowest BCUT2D eigenvalue weighted by atomic mass is 9.94. The molecule has 158 valence electrons. The number of allylic oxidation sites excluding steroid dienone is 1. The van der Waals surface area contributed by atoms with Crippen LogP contribution in [0, 0.1) is 6.92 Å². The summed E-state index contributed by atoms with van der Waals surface area (Å²) in [6.45, 7) is 5.95. The molecule has 1 aliphatic rings. The summed E-state index contributed by atoms with van der Waals surface area (Å²) in [6.07, 6.45) is 0. The Morgan fingerprint density at radius 1 is 1.17 bits per heavy atom. The fourth-order valence-corrected chi connectivity index (χ4v) is 3.43. The first kappa shape index (κ1) is 21.5. The van der Waals surface area contributed by atoms with E-state index in [0.29, 0.717) is 45.6 Å². The molecule has 1 unspecified atom stereocenters. The number of amides is 3. The number of rotatable bonds is 6. The van der Waals surface area contributed by atoms with Gasteiger partial charge in [-0.25, -0.2) is 4.79 Å². The number of hydrogen-bond acceptors (Lipinski definition) is 4. The van der Waals surface area contributed by atoms with Gasteiger partial charge in [0.2, 0.25) is 0 Å². The van der Waals surface area contributed by atoms with Crippen molar-refractivity contribution in [1.29, 1.82) is 0 Å². The molecule has 30 heavy (non-hydrogen) atoms. The van der Waals surface area contributed by atoms with Crippen molar-refractivity contribution in [2.24, 2.45) is 0 Å². The molecule has 0 fully saturated rings. The topological polar surface area (TPSA) is 88.7 Å². The molecule has 1 aliphatic heterocycles. The van der Waals surface area contributed by atoms with Crippen molar-refractivity contribution in [3.63, 3.8) is 0 Å². The second-order valence-electron chi connectivity index (χ2n) is 6.83. The SMILES string of the molecule is CCOc1ccc(C2NC(=O)NC(C)=C2C(=O)Nc2ccc(C)c(Cl)c2)cc1OC. The van der Waals surface area contributed by atoms with Gasteiger partial charge >= 0.3 is 6.03 Å². The number of anilines is 1. The largest absolute Gasteiger partial charge is 0.493 e. The van der Waals surface area contributed by atoms with E-state index in [4.69, 9.17) is 21.1 Å². The molecule has 0 aliphatic carbocycles. The van der Waals surface area contributed by atoms with Gasteiger partial charge in [-0.2, -0.15) is 0 Å². The molecule has 8 heteroatoms. The zero-order valence-electron chi connectivity index (χ0n) is 17.3. The lowest BCUT2D eigenvalue weighted by Crippen LogP contribution is -2.46. The number of urea groups is 1. The van der Waals surface area contributed by atoms with Crippen LogP contribution in [-0.2, 0) is 4.79 Å². The minimum Gasteiger partial charge on any atom is -0.493 e. The number of carbonyl (C=O) groups excluding carboxylic acids is 2. The van der Waals surface area contributed by atoms with Crippen LogP contribution in [0.4, 0.5) is 10.5 Å². The highest BCUT2D eigenvalue weighted by Crippen LogP contribution is 2.34. The first-order valence-electron chi connectivity index (χ1n) is 9.50. The number of aryl methyl sites for hydroxylation is 1. The monoisotopic (exact) mass is 429 g/mol. The summed E-state index contributed by atoms with van der Waals surface area (Å²) in [5, 5.41) is 8.89. The second kappa shape index (κ2) is 9.09. The van der Waals surface area contributed by atoms with Crippen LogP contribution < -0.4 is 25.4 Å². The third kappa shape index (κ3) is 4.52. The van der Waals surface area contributed by atoms with Gasteiger partial charge in [-0.15, -0.1) is 0 Å². The second-order valence-corrected chi connectivity index (χ2v) is 7.24. The molecule has 0 bridgehead atoms. The predicted octanol–water partition coefficient (Wildman–Crippen LogP) is 4.32. The summed E-state index contributed by atoms with van der Waals surface area (Å²) in [5.74, 6) is 0.757. The maximum absolute atomic E-state index is 13.1. The maximum Gasteiger partial charge on any atom is 0.319 e. The molecule has 1 heterocycles. The molecule has 0 radical (unpaired) electrons. The molecule has 7 nitrogen and oxygen atoms in total. The Morgan fingerprint density at radius 2 is 1.93 bits per heavy atom. The molecular formula is C22H24ClN3O4. The summed E-state index contributed by atoms with van der Waals surface area (Å²) in [7, 11) is 1.54. The molecule has 3 amide bonds. The zero-order valence-corrected chi connectivity index (χ0v) is 18.0. The number of hydrogen-bond donors (Lipinski definition) is 3. The molecule has 3 N–H and O–H groups in total. The normalized spacial score (nSPS) is 15.9. The van der Waals surface area contributed by atoms with E-state index in [1.165, 1.54) is 0 Å². The van der Waals surface area contributed by atoms with Gasteiger partial charge < -0.3 is 25.4 Å². The van der Waals surface area contributed by atoms with Gasteiger partial charge in [0.25, 0.3) is 5.91 Å². The highest BCUT2D eigenvalue weighted by Gasteiger charge is 2.32. The highest BCUT2D eigenvalue weighted by molar-refractivity contribution is 6.31. The summed E-state index contributed by atoms with van der Waals surface area (Å²) in [4.78, 5) is 25.3. The van der Waals surface area contributed by atoms with Crippen molar-refractivity contribution in [3.8, 4) is 11.5 Å². The van der Waals surface area contributed by atoms with E-state index in [9.17, 15) is 9.59 Å². The standard InChI is InChI=1S/C22H24ClN3O4/c1-5-30-17-9-7-14(10-18(17)29-4)20-19(13(3)24-22(28)26-20)21(27)25-15-8-6-12(2)16(23)11-15/h6-11,20H,5H2,1-4H3,(H,25,27)(H2,24,26,28). The van der Waals surface area contributed by atoms with Crippen LogP contribution in [0.1, 0.15) is 31.0 Å². The minimum absolute atomic E-state index is 0.349. The lowest BCUT2D eigenvalue weighted by molar-refractivity contribution is -0.113. The Bertz CT molecular complexity index is 1020. The number of ether oxygens (including phenoxy) is 2. The van der Waals surface area contributed by atoms with E-state index in [1.54, 1.807) is 44.4 Å². The summed E-state index contributed by atoms with van der Waals surface area (Å²) in [6, 6.07) is 9.56. The number of halogens is 1. The Balaban J connectivity index is 1.96. The summed E-state index contributed by atoms with van der Waals surface area (Å²) < 4.78 is 11.0. The van der Waals surface area contributed by atoms with Gasteiger partial charge in [0.05, 0.1) is 25.3 Å². The van der Waals surface area contributed by atoms with E-state index >= 15 is 0 Å². The molecule has 0 saturated heterocycles. The first-order valence-corrected chi connectivity index (χ1v) is 9.88. The molecule has 1 atom stereocenters. The van der Waals surface area contributed by atoms with Crippen LogP contribution in [0.3, 0.4) is 0 Å². The van der Waals surface area contributed by atoms with Crippen molar-refractivity contribution in [2.75, 3.05) is 19.0 Å². The van der Waals surface area contributed by atoms with Crippen LogP contribution >= 0.6 is 11.6 Å². The molecule has 2 aromatic carbocycles. The van der Waals surface area contributed by atoms with E-state index in [1.807, 2.05) is 19.9 Å². The average molecular weight is 430 g/mol. The predicted molar refractivity (Wildman–Crippen MR) is 116 cm³/mol. The van der Waals surface area contributed by atoms with E-state index in [0.717, 1.165) is 5.56 Å². The summed E-state index contributed by atoms with van der Waals surface area (Å²) >= 11 is 6.17. The van der Waals surface area contributed by atoms with E-state index < -0.39 is 6.04 Å². The Labute approximate surface area is 180 Å². The lowest BCUT2D eigenvalue weighted by Gasteiger charge is -2.29. The Hall–Kier alpha value is -3.19. The van der Waals surface area contributed by atoms with Crippen LogP contribution in [0.5, 0.6) is 11.5 Å². The third-order valence-electron chi connectivity index (χ3n) is 4.76. The van der Waals surface area contributed by atoms with Gasteiger partial charge in [0.1, 0.15) is 0 Å². The van der Waals surface area contributed by atoms with E-state index in [-0.39, 0.29) is 11.9 Å². The minimum atomic E-state index is -0.663. The Morgan fingerprint density at radius 3 is 2.60 bits per heavy atom. The van der Waals surface area contributed by atoms with Crippen LogP contribution in [0.15, 0.2) is 47.7 Å². The van der Waals surface area contributed by atoms with Gasteiger partial charge in [-0.05, 0) is 56.2 Å². The third-order valence-corrected chi connectivity index (χ3v) is 5.17. The zero-order chi connectivity index (χ0) is 21.8. The number of methoxy groups -OCH3 is 1. The number of nitrogens with one attached hydrogen (secondary N) is 3. The Kier molecular flexibility index (Phi) is 6.52. The fourth-order valence-electron chi connectivity index (χ4n) is 3.25. The van der Waals surface area contributed by atoms with Crippen molar-refractivity contribution in [2.45, 2.75) is 26.8 Å². The van der Waals surface area contributed by atoms with Crippen molar-refractivity contribution in [3.05, 3.63) is 63.8 Å². The van der Waals surface area contributed by atoms with Crippen molar-refractivity contribution < 1.29 is 19.1 Å². The molecule has 0 spiro atoms. The van der Waals surface area contributed by atoms with Gasteiger partial charge in [0, 0.05) is 16.4 Å². The quantitative estimate of drug-likeness (QED) is 0.638.